The minimum atomic E-state index is -1.27. The Bertz CT molecular complexity index is 1890. The van der Waals surface area contributed by atoms with Crippen molar-refractivity contribution >= 4 is 52.2 Å². The number of rotatable bonds is 16. The van der Waals surface area contributed by atoms with Crippen LogP contribution >= 0.6 is 22.6 Å². The van der Waals surface area contributed by atoms with Crippen molar-refractivity contribution in [3.63, 3.8) is 0 Å². The van der Waals surface area contributed by atoms with Crippen LogP contribution in [0.2, 0.25) is 0 Å². The number of hydrogen-bond donors (Lipinski definition) is 4. The van der Waals surface area contributed by atoms with E-state index in [1.165, 1.54) is 13.3 Å². The molecule has 0 spiro atoms. The number of nitro benzene ring substituents is 2. The average molecular weight is 821 g/mol. The molecule has 1 heterocycles. The molecular formula is C32H33IN6O12. The summed E-state index contributed by atoms with van der Waals surface area (Å²) in [6.07, 6.45) is 0.125. The fourth-order valence-electron chi connectivity index (χ4n) is 4.80. The first-order valence-electron chi connectivity index (χ1n) is 15.2. The van der Waals surface area contributed by atoms with Gasteiger partial charge in [-0.3, -0.25) is 25.7 Å². The molecule has 51 heavy (non-hydrogen) atoms. The van der Waals surface area contributed by atoms with Gasteiger partial charge in [0.05, 0.1) is 57.6 Å². The van der Waals surface area contributed by atoms with Gasteiger partial charge in [0.15, 0.2) is 29.2 Å². The predicted molar refractivity (Wildman–Crippen MR) is 189 cm³/mol. The molecule has 0 aromatic heterocycles. The van der Waals surface area contributed by atoms with Gasteiger partial charge in [0.1, 0.15) is 6.61 Å². The van der Waals surface area contributed by atoms with Crippen LogP contribution in [0, 0.1) is 23.8 Å². The molecular weight excluding hydrogens is 787 g/mol. The molecule has 0 aliphatic carbocycles. The maximum absolute atomic E-state index is 12.5. The average Bonchev–Trinajstić information content (AvgIpc) is 3.08. The normalized spacial score (nSPS) is 14.6. The number of esters is 1. The van der Waals surface area contributed by atoms with E-state index >= 15 is 0 Å². The number of allylic oxidation sites excluding steroid dienone is 1. The number of carbonyl (C=O) groups is 2. The lowest BCUT2D eigenvalue weighted by Crippen LogP contribution is -2.45. The molecule has 2 atom stereocenters. The van der Waals surface area contributed by atoms with Crippen LogP contribution < -0.4 is 35.0 Å². The first-order chi connectivity index (χ1) is 24.4. The molecule has 0 fully saturated rings. The lowest BCUT2D eigenvalue weighted by Gasteiger charge is -2.28. The SMILES string of the molecule is CCOc1cc([C@H]2NC(=O)NC(C)=C2C(=O)OC)ccc1OC[C@H](O)N/N=C/c1cc(I)c(Oc2ccc([N+](=O)[O-])cc2[N+](=O)[O-])c(OCC)c1. The molecule has 4 rings (SSSR count). The number of ether oxygens (including phenoxy) is 5. The van der Waals surface area contributed by atoms with Crippen molar-refractivity contribution in [3.05, 3.63) is 94.7 Å². The number of nitrogens with one attached hydrogen (secondary N) is 3. The van der Waals surface area contributed by atoms with Crippen LogP contribution in [0.25, 0.3) is 0 Å². The third-order valence-electron chi connectivity index (χ3n) is 7.00. The van der Waals surface area contributed by atoms with Gasteiger partial charge in [0, 0.05) is 11.8 Å². The highest BCUT2D eigenvalue weighted by Crippen LogP contribution is 2.41. The largest absolute Gasteiger partial charge is 0.490 e. The summed E-state index contributed by atoms with van der Waals surface area (Å²) in [6, 6.07) is 9.81. The summed E-state index contributed by atoms with van der Waals surface area (Å²) in [7, 11) is 1.25. The fourth-order valence-corrected chi connectivity index (χ4v) is 5.54. The number of aliphatic hydroxyl groups excluding tert-OH is 1. The summed E-state index contributed by atoms with van der Waals surface area (Å²) in [5.74, 6) is 0.140. The molecule has 0 bridgehead atoms. The van der Waals surface area contributed by atoms with E-state index in [0.29, 0.717) is 26.1 Å². The fraction of sp³-hybridized carbons (Fsp3) is 0.281. The number of non-ortho nitro benzene ring substituents is 1. The number of hydrazone groups is 1. The standard InChI is InChI=1S/C32H33IN6O12/c1-5-48-25-13-19(29-28(31(41)47-4)17(3)35-32(42)36-29)7-9-24(25)50-16-27(40)37-34-15-18-11-21(33)30(26(12-18)49-6-2)51-23-10-8-20(38(43)44)14-22(23)39(45)46/h7-15,27,29,37,40H,5-6,16H2,1-4H3,(H2,35,36,42)/b34-15+/t27-,29+/m0/s1. The minimum Gasteiger partial charge on any atom is -0.490 e. The van der Waals surface area contributed by atoms with Crippen molar-refractivity contribution in [1.29, 1.82) is 0 Å². The summed E-state index contributed by atoms with van der Waals surface area (Å²) in [5, 5.41) is 42.6. The number of hydrogen-bond acceptors (Lipinski definition) is 14. The van der Waals surface area contributed by atoms with Crippen molar-refractivity contribution in [2.75, 3.05) is 26.9 Å². The van der Waals surface area contributed by atoms with Crippen LogP contribution in [0.3, 0.4) is 0 Å². The van der Waals surface area contributed by atoms with Crippen LogP contribution in [-0.2, 0) is 9.53 Å². The summed E-state index contributed by atoms with van der Waals surface area (Å²) in [4.78, 5) is 45.9. The number of nitrogens with zero attached hydrogens (tertiary/aromatic N) is 3. The topological polar surface area (TPSA) is 235 Å². The van der Waals surface area contributed by atoms with E-state index in [1.54, 1.807) is 51.1 Å². The van der Waals surface area contributed by atoms with Crippen LogP contribution in [0.4, 0.5) is 16.2 Å². The zero-order chi connectivity index (χ0) is 37.2. The highest BCUT2D eigenvalue weighted by atomic mass is 127. The van der Waals surface area contributed by atoms with Gasteiger partial charge in [0.2, 0.25) is 5.75 Å². The molecule has 0 unspecified atom stereocenters. The van der Waals surface area contributed by atoms with Gasteiger partial charge in [-0.15, -0.1) is 0 Å². The Morgan fingerprint density at radius 3 is 2.39 bits per heavy atom. The predicted octanol–water partition coefficient (Wildman–Crippen LogP) is 4.82. The van der Waals surface area contributed by atoms with Gasteiger partial charge in [0.25, 0.3) is 5.69 Å². The van der Waals surface area contributed by atoms with Crippen molar-refractivity contribution in [2.24, 2.45) is 5.10 Å². The Kier molecular flexibility index (Phi) is 12.9. The van der Waals surface area contributed by atoms with E-state index in [1.807, 2.05) is 22.6 Å². The first kappa shape index (κ1) is 38.1. The van der Waals surface area contributed by atoms with Crippen molar-refractivity contribution in [3.8, 4) is 28.7 Å². The summed E-state index contributed by atoms with van der Waals surface area (Å²) >= 11 is 1.95. The molecule has 19 heteroatoms. The van der Waals surface area contributed by atoms with Crippen molar-refractivity contribution in [2.45, 2.75) is 33.0 Å². The van der Waals surface area contributed by atoms with E-state index in [-0.39, 0.29) is 48.4 Å². The Morgan fingerprint density at radius 2 is 1.73 bits per heavy atom. The van der Waals surface area contributed by atoms with E-state index in [2.05, 4.69) is 21.2 Å². The molecule has 18 nitrogen and oxygen atoms in total. The maximum Gasteiger partial charge on any atom is 0.337 e. The Balaban J connectivity index is 1.46. The second-order valence-electron chi connectivity index (χ2n) is 10.4. The van der Waals surface area contributed by atoms with Gasteiger partial charge < -0.3 is 39.4 Å². The zero-order valence-corrected chi connectivity index (χ0v) is 29.8. The second kappa shape index (κ2) is 17.3. The summed E-state index contributed by atoms with van der Waals surface area (Å²) < 4.78 is 28.4. The third-order valence-corrected chi connectivity index (χ3v) is 7.80. The molecule has 2 amide bonds. The molecule has 0 saturated carbocycles. The Hall–Kier alpha value is -5.70. The monoisotopic (exact) mass is 820 g/mol. The molecule has 4 N–H and O–H groups in total. The van der Waals surface area contributed by atoms with Gasteiger partial charge in [-0.1, -0.05) is 6.07 Å². The van der Waals surface area contributed by atoms with Crippen LogP contribution in [0.15, 0.2) is 64.9 Å². The molecule has 0 saturated heterocycles. The number of methoxy groups -OCH3 is 1. The van der Waals surface area contributed by atoms with E-state index in [0.717, 1.165) is 18.2 Å². The lowest BCUT2D eigenvalue weighted by atomic mass is 9.95. The highest BCUT2D eigenvalue weighted by molar-refractivity contribution is 14.1. The van der Waals surface area contributed by atoms with Gasteiger partial charge in [-0.25, -0.2) is 9.59 Å². The summed E-state index contributed by atoms with van der Waals surface area (Å²) in [5.41, 5.74) is 3.14. The number of urea groups is 1. The van der Waals surface area contributed by atoms with Gasteiger partial charge in [-0.05, 0) is 84.8 Å². The number of benzene rings is 3. The van der Waals surface area contributed by atoms with Crippen molar-refractivity contribution in [1.82, 2.24) is 16.1 Å². The molecule has 3 aromatic carbocycles. The molecule has 0 radical (unpaired) electrons. The number of halogens is 1. The molecule has 270 valence electrons. The van der Waals surface area contributed by atoms with E-state index in [9.17, 15) is 34.9 Å². The maximum atomic E-state index is 12.5. The van der Waals surface area contributed by atoms with Crippen LogP contribution in [0.1, 0.15) is 37.9 Å². The smallest absolute Gasteiger partial charge is 0.337 e. The number of amides is 2. The number of nitro groups is 2. The lowest BCUT2D eigenvalue weighted by molar-refractivity contribution is -0.394. The van der Waals surface area contributed by atoms with Crippen LogP contribution in [0.5, 0.6) is 28.7 Å². The Labute approximate surface area is 304 Å². The van der Waals surface area contributed by atoms with Gasteiger partial charge >= 0.3 is 17.7 Å². The molecule has 1 aliphatic rings. The second-order valence-corrected chi connectivity index (χ2v) is 11.6. The van der Waals surface area contributed by atoms with Gasteiger partial charge in [-0.2, -0.15) is 5.10 Å². The first-order valence-corrected chi connectivity index (χ1v) is 16.2. The van der Waals surface area contributed by atoms with E-state index < -0.39 is 45.5 Å². The molecule has 1 aliphatic heterocycles. The quantitative estimate of drug-likeness (QED) is 0.0380. The third kappa shape index (κ3) is 9.51. The van der Waals surface area contributed by atoms with E-state index in [4.69, 9.17) is 23.7 Å². The zero-order valence-electron chi connectivity index (χ0n) is 27.6. The minimum absolute atomic E-state index is 0.152. The van der Waals surface area contributed by atoms with Crippen LogP contribution in [-0.4, -0.2) is 66.3 Å². The number of aliphatic hydroxyl groups is 1. The summed E-state index contributed by atoms with van der Waals surface area (Å²) in [6.45, 7) is 5.35. The molecule has 3 aromatic rings. The Morgan fingerprint density at radius 1 is 1.02 bits per heavy atom. The highest BCUT2D eigenvalue weighted by Gasteiger charge is 2.32. The van der Waals surface area contributed by atoms with Crippen molar-refractivity contribution < 1.29 is 48.2 Å². The number of carbonyl (C=O) groups excluding carboxylic acids is 2.